The Morgan fingerprint density at radius 2 is 0.363 bits per heavy atom. The number of rotatable bonds is 0. The first-order chi connectivity index (χ1) is 67.0. The van der Waals surface area contributed by atoms with E-state index in [0.717, 1.165) is 77.0 Å². The second kappa shape index (κ2) is 49.8. The van der Waals surface area contributed by atoms with Crippen molar-refractivity contribution in [2.75, 3.05) is 14.7 Å². The highest BCUT2D eigenvalue weighted by Gasteiger charge is 2.42. The Labute approximate surface area is 818 Å². The lowest BCUT2D eigenvalue weighted by Gasteiger charge is -2.41. The summed E-state index contributed by atoms with van der Waals surface area (Å²) in [6, 6.07) is 104. The van der Waals surface area contributed by atoms with Gasteiger partial charge in [0.15, 0.2) is 0 Å². The van der Waals surface area contributed by atoms with Gasteiger partial charge in [0, 0.05) is 56.9 Å². The zero-order valence-corrected chi connectivity index (χ0v) is 88.3. The Bertz CT molecular complexity index is 6510. The summed E-state index contributed by atoms with van der Waals surface area (Å²) in [5.74, 6) is 0. The van der Waals surface area contributed by atoms with Gasteiger partial charge in [0.25, 0.3) is 0 Å². The van der Waals surface area contributed by atoms with E-state index in [1.54, 1.807) is 0 Å². The molecule has 0 bridgehead atoms. The molecule has 0 saturated heterocycles. The molecule has 0 fully saturated rings. The Balaban J connectivity index is 0.000000184. The monoisotopic (exact) mass is 1790 g/mol. The molecular formula is C132H159N3. The maximum absolute atomic E-state index is 2.65. The van der Waals surface area contributed by atoms with E-state index in [9.17, 15) is 0 Å². The topological polar surface area (TPSA) is 9.72 Å². The molecule has 135 heavy (non-hydrogen) atoms. The molecule has 3 nitrogen and oxygen atoms in total. The van der Waals surface area contributed by atoms with E-state index in [1.165, 1.54) is 251 Å². The number of benzene rings is 15. The Morgan fingerprint density at radius 1 is 0.126 bits per heavy atom. The van der Waals surface area contributed by atoms with Crippen LogP contribution in [0.1, 0.15) is 341 Å². The summed E-state index contributed by atoms with van der Waals surface area (Å²) >= 11 is 0. The molecule has 6 aliphatic heterocycles. The summed E-state index contributed by atoms with van der Waals surface area (Å²) in [5, 5.41) is 0. The number of hydrogen-bond donors (Lipinski definition) is 0. The van der Waals surface area contributed by atoms with Crippen molar-refractivity contribution < 1.29 is 0 Å². The lowest BCUT2D eigenvalue weighted by molar-refractivity contribution is 0.997. The van der Waals surface area contributed by atoms with E-state index in [-0.39, 0.29) is 0 Å². The average Bonchev–Trinajstić information content (AvgIpc) is 1.57. The van der Waals surface area contributed by atoms with Gasteiger partial charge in [-0.1, -0.05) is 456 Å². The average molecular weight is 1790 g/mol. The predicted octanol–water partition coefficient (Wildman–Crippen LogP) is 39.7. The zero-order valence-electron chi connectivity index (χ0n) is 88.3. The van der Waals surface area contributed by atoms with Gasteiger partial charge in [-0.05, 0) is 245 Å². The summed E-state index contributed by atoms with van der Waals surface area (Å²) < 4.78 is 0. The van der Waals surface area contributed by atoms with Crippen LogP contribution in [0.5, 0.6) is 0 Å². The normalized spacial score (nSPS) is 12.3. The van der Waals surface area contributed by atoms with Crippen LogP contribution in [0.25, 0.3) is 66.8 Å². The van der Waals surface area contributed by atoms with E-state index >= 15 is 0 Å². The van der Waals surface area contributed by atoms with E-state index < -0.39 is 0 Å². The lowest BCUT2D eigenvalue weighted by atomic mass is 9.82. The van der Waals surface area contributed by atoms with Gasteiger partial charge >= 0.3 is 0 Å². The molecule has 6 heterocycles. The number of fused-ring (bicyclic) bond motifs is 34. The number of hydrogen-bond acceptors (Lipinski definition) is 3. The van der Waals surface area contributed by atoms with Gasteiger partial charge in [0.1, 0.15) is 0 Å². The number of anilines is 9. The standard InChI is InChI=1S/3C34H23N.15C2H6/c1-4-11-28-20(6-1)14-25-17-26-16-23-9-5-8-22-15-24-12-13-29-27-10-3-2-7-21(27)18-31(29)34(24)35(33(22)23)32(26)19-30(25)28;1-4-11-28-20(6-1)14-25-19-32-26(18-30(25)28)16-23-9-5-8-22-15-24-12-13-29-27-10-3-2-7-21(27)17-31(29)34(24)35(32)33(22)23;1-3-10-26-21(7-1)18-29-28(26)14-15-31-30(29)19-24-9-5-8-23-17-25-13-12-22-16-20-6-2-4-11-27(20)32(22)34(25)35(31)33(23)24;15*1-2/h1-13,17,19H,14-16,18H2;1-13,18-19H,14-17H2;1-15H,16-19H2;15*1-2H3. The van der Waals surface area contributed by atoms with Crippen molar-refractivity contribution >= 4 is 51.2 Å². The molecule has 0 amide bonds. The van der Waals surface area contributed by atoms with Crippen LogP contribution in [-0.2, 0) is 77.0 Å². The lowest BCUT2D eigenvalue weighted by Crippen LogP contribution is -2.26. The third-order valence-electron chi connectivity index (χ3n) is 26.1. The molecule has 0 spiro atoms. The highest BCUT2D eigenvalue weighted by molar-refractivity contribution is 6.03. The fourth-order valence-electron chi connectivity index (χ4n) is 21.7. The van der Waals surface area contributed by atoms with Gasteiger partial charge in [-0.2, -0.15) is 0 Å². The third kappa shape index (κ3) is 18.9. The maximum Gasteiger partial charge on any atom is 0.0578 e. The SMILES string of the molecule is CC.CC.CC.CC.CC.CC.CC.CC.CC.CC.CC.CC.CC.CC.CC.c1ccc2c(c1)Cc1c-2ccc2c1Cc1cccc3c1N2c1c(ccc2c1-c1ccccc1C2)C3.c1ccc2c(c1)Cc1cc3c(cc1-2)Cc1cccc2c1N3c1c(ccc3c1Cc1ccccc1-3)C2.c1ccc2c(c1)Cc1cc3c(cc1-2)N1c2c(cccc2Cc2ccc4c(c21)Cc1ccccc1-4)C3. The van der Waals surface area contributed by atoms with E-state index in [4.69, 9.17) is 0 Å². The number of nitrogens with zero attached hydrogens (tertiary/aromatic N) is 3. The molecule has 0 atom stereocenters. The fourth-order valence-corrected chi connectivity index (χ4v) is 21.7. The molecule has 27 rings (SSSR count). The van der Waals surface area contributed by atoms with Crippen molar-refractivity contribution in [2.45, 2.75) is 285 Å². The Hall–Kier alpha value is -12.3. The van der Waals surface area contributed by atoms with Crippen LogP contribution in [-0.4, -0.2) is 0 Å². The van der Waals surface area contributed by atoms with Gasteiger partial charge in [-0.15, -0.1) is 0 Å². The van der Waals surface area contributed by atoms with Crippen LogP contribution in [0.2, 0.25) is 0 Å². The molecule has 15 aromatic rings. The Kier molecular flexibility index (Phi) is 38.6. The van der Waals surface area contributed by atoms with Gasteiger partial charge in [0.05, 0.1) is 51.2 Å². The van der Waals surface area contributed by atoms with Gasteiger partial charge in [-0.3, -0.25) is 0 Å². The van der Waals surface area contributed by atoms with Crippen LogP contribution in [0.3, 0.4) is 0 Å². The van der Waals surface area contributed by atoms with Crippen molar-refractivity contribution in [1.82, 2.24) is 0 Å². The molecule has 0 saturated carbocycles. The molecular weight excluding hydrogens is 1630 g/mol. The second-order valence-corrected chi connectivity index (χ2v) is 31.5. The number of para-hydroxylation sites is 3. The molecule has 0 N–H and O–H groups in total. The van der Waals surface area contributed by atoms with E-state index in [1.807, 2.05) is 208 Å². The zero-order chi connectivity index (χ0) is 98.0. The third-order valence-corrected chi connectivity index (χ3v) is 26.1. The van der Waals surface area contributed by atoms with Crippen LogP contribution >= 0.6 is 0 Å². The molecule has 0 aromatic heterocycles. The van der Waals surface area contributed by atoms with Crippen LogP contribution in [0.4, 0.5) is 51.2 Å². The summed E-state index contributed by atoms with van der Waals surface area (Å²) in [6.45, 7) is 60.0. The highest BCUT2D eigenvalue weighted by atomic mass is 15.2. The van der Waals surface area contributed by atoms with Crippen molar-refractivity contribution in [3.05, 3.63) is 407 Å². The first kappa shape index (κ1) is 105. The molecule has 0 unspecified atom stereocenters. The van der Waals surface area contributed by atoms with Crippen LogP contribution < -0.4 is 14.7 Å². The van der Waals surface area contributed by atoms with Gasteiger partial charge in [0.2, 0.25) is 0 Å². The molecule has 0 radical (unpaired) electrons. The smallest absolute Gasteiger partial charge is 0.0578 e. The van der Waals surface area contributed by atoms with Gasteiger partial charge < -0.3 is 14.7 Å². The molecule has 3 heteroatoms. The summed E-state index contributed by atoms with van der Waals surface area (Å²) in [6.07, 6.45) is 12.3. The molecule has 6 aliphatic carbocycles. The van der Waals surface area contributed by atoms with Crippen molar-refractivity contribution in [3.8, 4) is 66.8 Å². The predicted molar refractivity (Wildman–Crippen MR) is 600 cm³/mol. The quantitative estimate of drug-likeness (QED) is 0.150. The van der Waals surface area contributed by atoms with Gasteiger partial charge in [-0.25, -0.2) is 0 Å². The molecule has 702 valence electrons. The maximum atomic E-state index is 2.65. The van der Waals surface area contributed by atoms with E-state index in [2.05, 4.69) is 288 Å². The summed E-state index contributed by atoms with van der Waals surface area (Å²) in [4.78, 5) is 7.94. The second-order valence-electron chi connectivity index (χ2n) is 31.5. The molecule has 12 aliphatic rings. The fraction of sp³-hybridized carbons (Fsp3) is 0.318. The van der Waals surface area contributed by atoms with E-state index in [0.29, 0.717) is 0 Å². The minimum atomic E-state index is 1.01. The van der Waals surface area contributed by atoms with Crippen molar-refractivity contribution in [3.63, 3.8) is 0 Å². The van der Waals surface area contributed by atoms with Crippen LogP contribution in [0.15, 0.2) is 273 Å². The minimum absolute atomic E-state index is 1.01. The Morgan fingerprint density at radius 3 is 0.770 bits per heavy atom. The first-order valence-electron chi connectivity index (χ1n) is 53.1. The van der Waals surface area contributed by atoms with Crippen molar-refractivity contribution in [1.29, 1.82) is 0 Å². The summed E-state index contributed by atoms with van der Waals surface area (Å²) in [5.41, 5.74) is 65.0. The van der Waals surface area contributed by atoms with Crippen molar-refractivity contribution in [2.24, 2.45) is 0 Å². The largest absolute Gasteiger partial charge is 0.309 e. The minimum Gasteiger partial charge on any atom is -0.309 e. The van der Waals surface area contributed by atoms with Crippen LogP contribution in [0, 0.1) is 0 Å². The first-order valence-corrected chi connectivity index (χ1v) is 53.1. The molecule has 15 aromatic carbocycles. The highest BCUT2D eigenvalue weighted by Crippen LogP contribution is 2.62. The summed E-state index contributed by atoms with van der Waals surface area (Å²) in [7, 11) is 0.